The Kier molecular flexibility index (Phi) is 7.77. The van der Waals surface area contributed by atoms with Crippen LogP contribution < -0.4 is 14.8 Å². The van der Waals surface area contributed by atoms with Gasteiger partial charge in [0, 0.05) is 29.9 Å². The minimum atomic E-state index is -0.356. The Bertz CT molecular complexity index is 873. The van der Waals surface area contributed by atoms with Gasteiger partial charge in [-0.2, -0.15) is 0 Å². The van der Waals surface area contributed by atoms with E-state index >= 15 is 0 Å². The zero-order valence-corrected chi connectivity index (χ0v) is 17.2. The number of carbonyl (C=O) groups is 3. The molecule has 2 aromatic carbocycles. The molecule has 1 N–H and O–H groups in total. The van der Waals surface area contributed by atoms with E-state index in [9.17, 15) is 14.4 Å². The number of anilines is 1. The van der Waals surface area contributed by atoms with Gasteiger partial charge in [-0.15, -0.1) is 0 Å². The van der Waals surface area contributed by atoms with Crippen LogP contribution in [0.15, 0.2) is 42.5 Å². The zero-order valence-electron chi connectivity index (χ0n) is 17.2. The van der Waals surface area contributed by atoms with E-state index in [2.05, 4.69) is 5.32 Å². The Morgan fingerprint density at radius 1 is 0.931 bits per heavy atom. The molecule has 0 unspecified atom stereocenters. The van der Waals surface area contributed by atoms with E-state index in [1.807, 2.05) is 13.8 Å². The summed E-state index contributed by atoms with van der Waals surface area (Å²) in [6, 6.07) is 11.5. The predicted octanol–water partition coefficient (Wildman–Crippen LogP) is 3.40. The summed E-state index contributed by atoms with van der Waals surface area (Å²) in [4.78, 5) is 37.7. The van der Waals surface area contributed by atoms with E-state index in [0.29, 0.717) is 41.4 Å². The summed E-state index contributed by atoms with van der Waals surface area (Å²) >= 11 is 0. The predicted molar refractivity (Wildman–Crippen MR) is 111 cm³/mol. The summed E-state index contributed by atoms with van der Waals surface area (Å²) in [7, 11) is 1.47. The van der Waals surface area contributed by atoms with Crippen molar-refractivity contribution in [1.29, 1.82) is 0 Å². The summed E-state index contributed by atoms with van der Waals surface area (Å²) < 4.78 is 10.7. The lowest BCUT2D eigenvalue weighted by atomic mass is 10.1. The SMILES string of the molecule is CCN(CC)C(=O)c1ccc(NC(=O)COc2ccc(C(C)=O)cc2OC)cc1. The van der Waals surface area contributed by atoms with Crippen LogP contribution in [0.5, 0.6) is 11.5 Å². The van der Waals surface area contributed by atoms with E-state index in [1.165, 1.54) is 14.0 Å². The monoisotopic (exact) mass is 398 g/mol. The van der Waals surface area contributed by atoms with Gasteiger partial charge in [0.2, 0.25) is 0 Å². The average molecular weight is 398 g/mol. The third-order valence-electron chi connectivity index (χ3n) is 4.40. The molecule has 29 heavy (non-hydrogen) atoms. The molecule has 0 fully saturated rings. The van der Waals surface area contributed by atoms with Gasteiger partial charge in [-0.3, -0.25) is 14.4 Å². The van der Waals surface area contributed by atoms with Gasteiger partial charge in [-0.05, 0) is 63.2 Å². The molecule has 0 heterocycles. The molecule has 2 aromatic rings. The molecule has 0 bridgehead atoms. The Morgan fingerprint density at radius 2 is 1.55 bits per heavy atom. The lowest BCUT2D eigenvalue weighted by Gasteiger charge is -2.18. The molecule has 0 atom stereocenters. The molecular formula is C22H26N2O5. The van der Waals surface area contributed by atoms with Crippen LogP contribution in [0.2, 0.25) is 0 Å². The molecule has 0 aromatic heterocycles. The first kappa shape index (κ1) is 21.9. The number of nitrogens with zero attached hydrogens (tertiary/aromatic N) is 1. The van der Waals surface area contributed by atoms with Crippen molar-refractivity contribution in [2.24, 2.45) is 0 Å². The fourth-order valence-electron chi connectivity index (χ4n) is 2.74. The minimum Gasteiger partial charge on any atom is -0.493 e. The lowest BCUT2D eigenvalue weighted by Crippen LogP contribution is -2.30. The van der Waals surface area contributed by atoms with Gasteiger partial charge in [0.25, 0.3) is 11.8 Å². The van der Waals surface area contributed by atoms with Gasteiger partial charge < -0.3 is 19.7 Å². The second-order valence-electron chi connectivity index (χ2n) is 6.31. The number of hydrogen-bond donors (Lipinski definition) is 1. The number of rotatable bonds is 9. The molecule has 0 aliphatic rings. The maximum Gasteiger partial charge on any atom is 0.262 e. The third-order valence-corrected chi connectivity index (χ3v) is 4.40. The molecule has 0 aliphatic carbocycles. The van der Waals surface area contributed by atoms with Gasteiger partial charge in [-0.1, -0.05) is 0 Å². The summed E-state index contributed by atoms with van der Waals surface area (Å²) in [6.07, 6.45) is 0. The van der Waals surface area contributed by atoms with Crippen LogP contribution in [-0.4, -0.2) is 49.3 Å². The van der Waals surface area contributed by atoms with Gasteiger partial charge >= 0.3 is 0 Å². The van der Waals surface area contributed by atoms with Gasteiger partial charge in [-0.25, -0.2) is 0 Å². The van der Waals surface area contributed by atoms with Crippen LogP contribution in [-0.2, 0) is 4.79 Å². The summed E-state index contributed by atoms with van der Waals surface area (Å²) in [5, 5.41) is 2.72. The van der Waals surface area contributed by atoms with Crippen molar-refractivity contribution in [2.45, 2.75) is 20.8 Å². The highest BCUT2D eigenvalue weighted by Gasteiger charge is 2.13. The van der Waals surface area contributed by atoms with Crippen LogP contribution in [0.3, 0.4) is 0 Å². The van der Waals surface area contributed by atoms with Crippen molar-refractivity contribution in [3.05, 3.63) is 53.6 Å². The van der Waals surface area contributed by atoms with Crippen molar-refractivity contribution in [3.63, 3.8) is 0 Å². The Balaban J connectivity index is 1.96. The van der Waals surface area contributed by atoms with E-state index in [4.69, 9.17) is 9.47 Å². The normalized spacial score (nSPS) is 10.2. The standard InChI is InChI=1S/C22H26N2O5/c1-5-24(6-2)22(27)16-7-10-18(11-8-16)23-21(26)14-29-19-12-9-17(15(3)25)13-20(19)28-4/h7-13H,5-6,14H2,1-4H3,(H,23,26). The number of carbonyl (C=O) groups excluding carboxylic acids is 3. The van der Waals surface area contributed by atoms with Crippen molar-refractivity contribution < 1.29 is 23.9 Å². The number of ether oxygens (including phenoxy) is 2. The number of hydrogen-bond acceptors (Lipinski definition) is 5. The van der Waals surface area contributed by atoms with E-state index in [1.54, 1.807) is 47.4 Å². The summed E-state index contributed by atoms with van der Waals surface area (Å²) in [5.41, 5.74) is 1.63. The fraction of sp³-hybridized carbons (Fsp3) is 0.318. The maximum absolute atomic E-state index is 12.3. The van der Waals surface area contributed by atoms with Crippen LogP contribution in [0.4, 0.5) is 5.69 Å². The molecule has 0 saturated carbocycles. The van der Waals surface area contributed by atoms with Gasteiger partial charge in [0.05, 0.1) is 7.11 Å². The number of Topliss-reactive ketones (excluding diaryl/α,β-unsaturated/α-hetero) is 1. The quantitative estimate of drug-likeness (QED) is 0.655. The van der Waals surface area contributed by atoms with Gasteiger partial charge in [0.1, 0.15) is 0 Å². The number of nitrogens with one attached hydrogen (secondary N) is 1. The Hall–Kier alpha value is -3.35. The molecule has 7 heteroatoms. The highest BCUT2D eigenvalue weighted by molar-refractivity contribution is 5.96. The molecular weight excluding hydrogens is 372 g/mol. The molecule has 154 valence electrons. The molecule has 2 rings (SSSR count). The first-order valence-corrected chi connectivity index (χ1v) is 9.40. The number of methoxy groups -OCH3 is 1. The van der Waals surface area contributed by atoms with Crippen LogP contribution in [0.25, 0.3) is 0 Å². The second kappa shape index (κ2) is 10.3. The Labute approximate surface area is 170 Å². The van der Waals surface area contributed by atoms with E-state index < -0.39 is 0 Å². The molecule has 7 nitrogen and oxygen atoms in total. The first-order chi connectivity index (χ1) is 13.9. The molecule has 0 radical (unpaired) electrons. The number of benzene rings is 2. The molecule has 0 saturated heterocycles. The van der Waals surface area contributed by atoms with Crippen LogP contribution >= 0.6 is 0 Å². The lowest BCUT2D eigenvalue weighted by molar-refractivity contribution is -0.118. The van der Waals surface area contributed by atoms with Gasteiger partial charge in [0.15, 0.2) is 23.9 Å². The number of ketones is 1. The maximum atomic E-state index is 12.3. The highest BCUT2D eigenvalue weighted by atomic mass is 16.5. The largest absolute Gasteiger partial charge is 0.493 e. The molecule has 2 amide bonds. The molecule has 0 spiro atoms. The minimum absolute atomic E-state index is 0.0442. The summed E-state index contributed by atoms with van der Waals surface area (Å²) in [6.45, 7) is 6.38. The molecule has 0 aliphatic heterocycles. The van der Waals surface area contributed by atoms with Crippen LogP contribution in [0.1, 0.15) is 41.5 Å². The van der Waals surface area contributed by atoms with E-state index in [-0.39, 0.29) is 24.2 Å². The Morgan fingerprint density at radius 3 is 2.10 bits per heavy atom. The zero-order chi connectivity index (χ0) is 21.4. The first-order valence-electron chi connectivity index (χ1n) is 9.40. The average Bonchev–Trinajstić information content (AvgIpc) is 2.73. The second-order valence-corrected chi connectivity index (χ2v) is 6.31. The third kappa shape index (κ3) is 5.81. The van der Waals surface area contributed by atoms with E-state index in [0.717, 1.165) is 0 Å². The topological polar surface area (TPSA) is 84.9 Å². The van der Waals surface area contributed by atoms with Crippen molar-refractivity contribution in [2.75, 3.05) is 32.1 Å². The smallest absolute Gasteiger partial charge is 0.262 e. The fourth-order valence-corrected chi connectivity index (χ4v) is 2.74. The summed E-state index contributed by atoms with van der Waals surface area (Å²) in [5.74, 6) is 0.260. The van der Waals surface area contributed by atoms with Crippen molar-refractivity contribution >= 4 is 23.3 Å². The van der Waals surface area contributed by atoms with Crippen LogP contribution in [0, 0.1) is 0 Å². The van der Waals surface area contributed by atoms with Crippen molar-refractivity contribution in [1.82, 2.24) is 4.90 Å². The van der Waals surface area contributed by atoms with Crippen molar-refractivity contribution in [3.8, 4) is 11.5 Å². The highest BCUT2D eigenvalue weighted by Crippen LogP contribution is 2.28. The number of amides is 2.